The molecule has 0 atom stereocenters. The molecule has 0 N–H and O–H groups in total. The molecular formula is C20H19NO5. The van der Waals surface area contributed by atoms with Gasteiger partial charge in [0.05, 0.1) is 23.9 Å². The van der Waals surface area contributed by atoms with Crippen LogP contribution >= 0.6 is 0 Å². The van der Waals surface area contributed by atoms with Gasteiger partial charge in [-0.2, -0.15) is 0 Å². The monoisotopic (exact) mass is 353 g/mol. The molecule has 0 saturated carbocycles. The SMILES string of the molecule is COc1ccccc1OC(=O)c1ccc(OCc2c(C)noc2C)cc1. The summed E-state index contributed by atoms with van der Waals surface area (Å²) < 4.78 is 21.4. The van der Waals surface area contributed by atoms with Crippen molar-refractivity contribution in [3.05, 3.63) is 71.1 Å². The molecule has 134 valence electrons. The number of esters is 1. The molecule has 0 fully saturated rings. The van der Waals surface area contributed by atoms with E-state index in [0.29, 0.717) is 29.4 Å². The van der Waals surface area contributed by atoms with E-state index in [1.165, 1.54) is 7.11 Å². The quantitative estimate of drug-likeness (QED) is 0.491. The average molecular weight is 353 g/mol. The van der Waals surface area contributed by atoms with Crippen LogP contribution in [0.4, 0.5) is 0 Å². The summed E-state index contributed by atoms with van der Waals surface area (Å²) in [4.78, 5) is 12.3. The molecule has 0 radical (unpaired) electrons. The van der Waals surface area contributed by atoms with E-state index >= 15 is 0 Å². The standard InChI is InChI=1S/C20H19NO5/c1-13-17(14(2)26-21-13)12-24-16-10-8-15(9-11-16)20(22)25-19-7-5-4-6-18(19)23-3/h4-11H,12H2,1-3H3. The Balaban J connectivity index is 1.64. The summed E-state index contributed by atoms with van der Waals surface area (Å²) >= 11 is 0. The number of benzene rings is 2. The molecule has 3 rings (SSSR count). The maximum Gasteiger partial charge on any atom is 0.343 e. The molecule has 0 aliphatic rings. The van der Waals surface area contributed by atoms with Gasteiger partial charge in [-0.1, -0.05) is 17.3 Å². The zero-order chi connectivity index (χ0) is 18.5. The van der Waals surface area contributed by atoms with Crippen LogP contribution in [-0.2, 0) is 6.61 Å². The van der Waals surface area contributed by atoms with Crippen LogP contribution in [-0.4, -0.2) is 18.2 Å². The Kier molecular flexibility index (Phi) is 5.22. The van der Waals surface area contributed by atoms with Crippen molar-refractivity contribution in [3.63, 3.8) is 0 Å². The van der Waals surface area contributed by atoms with E-state index in [2.05, 4.69) is 5.16 Å². The number of rotatable bonds is 6. The molecule has 0 unspecified atom stereocenters. The Bertz CT molecular complexity index is 879. The predicted octanol–water partition coefficient (Wildman–Crippen LogP) is 4.10. The highest BCUT2D eigenvalue weighted by atomic mass is 16.6. The first-order chi connectivity index (χ1) is 12.6. The Morgan fingerprint density at radius 3 is 2.35 bits per heavy atom. The second-order valence-electron chi connectivity index (χ2n) is 5.66. The number of nitrogens with zero attached hydrogens (tertiary/aromatic N) is 1. The van der Waals surface area contributed by atoms with Gasteiger partial charge >= 0.3 is 5.97 Å². The van der Waals surface area contributed by atoms with Crippen LogP contribution in [0.5, 0.6) is 17.2 Å². The minimum absolute atomic E-state index is 0.353. The number of aryl methyl sites for hydroxylation is 2. The summed E-state index contributed by atoms with van der Waals surface area (Å²) in [5, 5.41) is 3.89. The molecule has 3 aromatic rings. The van der Waals surface area contributed by atoms with Crippen molar-refractivity contribution in [2.45, 2.75) is 20.5 Å². The highest BCUT2D eigenvalue weighted by molar-refractivity contribution is 5.91. The molecule has 0 amide bonds. The number of hydrogen-bond donors (Lipinski definition) is 0. The Morgan fingerprint density at radius 1 is 1.04 bits per heavy atom. The van der Waals surface area contributed by atoms with Crippen LogP contribution in [0.2, 0.25) is 0 Å². The smallest absolute Gasteiger partial charge is 0.343 e. The van der Waals surface area contributed by atoms with Gasteiger partial charge in [0, 0.05) is 0 Å². The first-order valence-corrected chi connectivity index (χ1v) is 8.08. The van der Waals surface area contributed by atoms with Gasteiger partial charge in [0.15, 0.2) is 11.5 Å². The molecule has 2 aromatic carbocycles. The third kappa shape index (κ3) is 3.85. The Morgan fingerprint density at radius 2 is 1.73 bits per heavy atom. The maximum absolute atomic E-state index is 12.3. The fourth-order valence-corrected chi connectivity index (χ4v) is 2.41. The minimum atomic E-state index is -0.466. The van der Waals surface area contributed by atoms with Crippen molar-refractivity contribution in [3.8, 4) is 17.2 Å². The largest absolute Gasteiger partial charge is 0.493 e. The van der Waals surface area contributed by atoms with E-state index < -0.39 is 5.97 Å². The average Bonchev–Trinajstić information content (AvgIpc) is 2.98. The fraction of sp³-hybridized carbons (Fsp3) is 0.200. The van der Waals surface area contributed by atoms with Crippen molar-refractivity contribution in [2.24, 2.45) is 0 Å². The summed E-state index contributed by atoms with van der Waals surface area (Å²) in [5.41, 5.74) is 2.14. The Hall–Kier alpha value is -3.28. The second kappa shape index (κ2) is 7.74. The minimum Gasteiger partial charge on any atom is -0.493 e. The molecule has 0 spiro atoms. The number of carbonyl (C=O) groups is 1. The van der Waals surface area contributed by atoms with Gasteiger partial charge < -0.3 is 18.7 Å². The third-order valence-electron chi connectivity index (χ3n) is 3.93. The first-order valence-electron chi connectivity index (χ1n) is 8.08. The van der Waals surface area contributed by atoms with Crippen LogP contribution < -0.4 is 14.2 Å². The van der Waals surface area contributed by atoms with Crippen LogP contribution in [0.3, 0.4) is 0 Å². The molecule has 0 bridgehead atoms. The molecule has 6 nitrogen and oxygen atoms in total. The maximum atomic E-state index is 12.3. The summed E-state index contributed by atoms with van der Waals surface area (Å²) in [7, 11) is 1.53. The third-order valence-corrected chi connectivity index (χ3v) is 3.93. The summed E-state index contributed by atoms with van der Waals surface area (Å²) in [5.74, 6) is 1.78. The molecule has 0 aliphatic heterocycles. The van der Waals surface area contributed by atoms with Crippen molar-refractivity contribution in [1.29, 1.82) is 0 Å². The number of hydrogen-bond acceptors (Lipinski definition) is 6. The van der Waals surface area contributed by atoms with Crippen molar-refractivity contribution < 1.29 is 23.5 Å². The van der Waals surface area contributed by atoms with Gasteiger partial charge in [-0.25, -0.2) is 4.79 Å². The van der Waals surface area contributed by atoms with Crippen molar-refractivity contribution in [2.75, 3.05) is 7.11 Å². The second-order valence-corrected chi connectivity index (χ2v) is 5.66. The number of carbonyl (C=O) groups excluding carboxylic acids is 1. The number of aromatic nitrogens is 1. The van der Waals surface area contributed by atoms with Gasteiger partial charge in [0.25, 0.3) is 0 Å². The predicted molar refractivity (Wildman–Crippen MR) is 94.7 cm³/mol. The lowest BCUT2D eigenvalue weighted by molar-refractivity contribution is 0.0729. The molecular weight excluding hydrogens is 334 g/mol. The Labute approximate surface area is 151 Å². The van der Waals surface area contributed by atoms with Gasteiger partial charge in [-0.15, -0.1) is 0 Å². The van der Waals surface area contributed by atoms with Gasteiger partial charge in [-0.3, -0.25) is 0 Å². The molecule has 26 heavy (non-hydrogen) atoms. The topological polar surface area (TPSA) is 70.8 Å². The highest BCUT2D eigenvalue weighted by Crippen LogP contribution is 2.27. The van der Waals surface area contributed by atoms with Crippen molar-refractivity contribution >= 4 is 5.97 Å². The lowest BCUT2D eigenvalue weighted by atomic mass is 10.2. The van der Waals surface area contributed by atoms with E-state index in [4.69, 9.17) is 18.7 Å². The van der Waals surface area contributed by atoms with Crippen LogP contribution in [0.15, 0.2) is 53.1 Å². The zero-order valence-corrected chi connectivity index (χ0v) is 14.8. The fourth-order valence-electron chi connectivity index (χ4n) is 2.41. The normalized spacial score (nSPS) is 10.4. The van der Waals surface area contributed by atoms with E-state index in [1.807, 2.05) is 13.8 Å². The van der Waals surface area contributed by atoms with E-state index in [9.17, 15) is 4.79 Å². The molecule has 1 heterocycles. The highest BCUT2D eigenvalue weighted by Gasteiger charge is 2.13. The van der Waals surface area contributed by atoms with Crippen LogP contribution in [0.1, 0.15) is 27.4 Å². The molecule has 6 heteroatoms. The number of ether oxygens (including phenoxy) is 3. The van der Waals surface area contributed by atoms with Crippen molar-refractivity contribution in [1.82, 2.24) is 5.16 Å². The molecule has 1 aromatic heterocycles. The lowest BCUT2D eigenvalue weighted by Crippen LogP contribution is -2.09. The number of para-hydroxylation sites is 2. The van der Waals surface area contributed by atoms with E-state index in [1.54, 1.807) is 48.5 Å². The number of methoxy groups -OCH3 is 1. The van der Waals surface area contributed by atoms with E-state index in [-0.39, 0.29) is 0 Å². The van der Waals surface area contributed by atoms with Gasteiger partial charge in [-0.05, 0) is 50.2 Å². The van der Waals surface area contributed by atoms with Crippen LogP contribution in [0, 0.1) is 13.8 Å². The zero-order valence-electron chi connectivity index (χ0n) is 14.8. The van der Waals surface area contributed by atoms with Gasteiger partial charge in [0.2, 0.25) is 0 Å². The summed E-state index contributed by atoms with van der Waals surface area (Å²) in [6.07, 6.45) is 0. The lowest BCUT2D eigenvalue weighted by Gasteiger charge is -2.09. The summed E-state index contributed by atoms with van der Waals surface area (Å²) in [6.45, 7) is 4.06. The van der Waals surface area contributed by atoms with Crippen LogP contribution in [0.25, 0.3) is 0 Å². The van der Waals surface area contributed by atoms with E-state index in [0.717, 1.165) is 17.0 Å². The molecule has 0 saturated heterocycles. The van der Waals surface area contributed by atoms with Gasteiger partial charge in [0.1, 0.15) is 18.1 Å². The summed E-state index contributed by atoms with van der Waals surface area (Å²) in [6, 6.07) is 13.7. The first kappa shape index (κ1) is 17.5. The molecule has 0 aliphatic carbocycles.